The van der Waals surface area contributed by atoms with Crippen LogP contribution in [0.25, 0.3) is 0 Å². The summed E-state index contributed by atoms with van der Waals surface area (Å²) < 4.78 is 5.23. The van der Waals surface area contributed by atoms with Crippen molar-refractivity contribution in [1.82, 2.24) is 14.7 Å². The van der Waals surface area contributed by atoms with Crippen LogP contribution in [0, 0.1) is 11.8 Å². The van der Waals surface area contributed by atoms with Crippen molar-refractivity contribution in [2.24, 2.45) is 11.8 Å². The second-order valence-corrected chi connectivity index (χ2v) is 6.24. The van der Waals surface area contributed by atoms with Crippen LogP contribution in [0.15, 0.2) is 0 Å². The molecule has 3 unspecified atom stereocenters. The molecule has 0 radical (unpaired) electrons. The average molecular weight is 299 g/mol. The summed E-state index contributed by atoms with van der Waals surface area (Å²) in [5.41, 5.74) is 0. The van der Waals surface area contributed by atoms with Crippen LogP contribution in [0.1, 0.15) is 6.42 Å². The zero-order valence-electron chi connectivity index (χ0n) is 13.0. The first-order valence-corrected chi connectivity index (χ1v) is 7.37. The number of aliphatic carboxylic acids is 1. The van der Waals surface area contributed by atoms with Crippen molar-refractivity contribution < 1.29 is 19.4 Å². The number of hydrogen-bond acceptors (Lipinski definition) is 4. The summed E-state index contributed by atoms with van der Waals surface area (Å²) in [6, 6.07) is -0.519. The largest absolute Gasteiger partial charge is 0.481 e. The van der Waals surface area contributed by atoms with Gasteiger partial charge in [-0.05, 0) is 25.9 Å². The van der Waals surface area contributed by atoms with Gasteiger partial charge in [0.2, 0.25) is 0 Å². The summed E-state index contributed by atoms with van der Waals surface area (Å²) in [5, 5.41) is 9.17. The molecule has 2 rings (SSSR count). The van der Waals surface area contributed by atoms with E-state index in [9.17, 15) is 14.7 Å². The number of carbonyl (C=O) groups excluding carboxylic acids is 1. The molecule has 0 bridgehead atoms. The molecule has 0 spiro atoms. The van der Waals surface area contributed by atoms with Crippen LogP contribution >= 0.6 is 0 Å². The molecular weight excluding hydrogens is 274 g/mol. The average Bonchev–Trinajstić information content (AvgIpc) is 3.05. The lowest BCUT2D eigenvalue weighted by molar-refractivity contribution is -0.142. The normalized spacial score (nSPS) is 29.6. The van der Waals surface area contributed by atoms with Gasteiger partial charge < -0.3 is 24.5 Å². The summed E-state index contributed by atoms with van der Waals surface area (Å²) in [7, 11) is 5.53. The Kier molecular flexibility index (Phi) is 5.05. The molecule has 0 aromatic heterocycles. The highest BCUT2D eigenvalue weighted by Crippen LogP contribution is 2.21. The number of nitrogens with zero attached hydrogens (tertiary/aromatic N) is 3. The van der Waals surface area contributed by atoms with Crippen molar-refractivity contribution in [3.05, 3.63) is 0 Å². The van der Waals surface area contributed by atoms with Crippen molar-refractivity contribution in [2.75, 3.05) is 54.0 Å². The van der Waals surface area contributed by atoms with Gasteiger partial charge in [0, 0.05) is 27.2 Å². The maximum Gasteiger partial charge on any atom is 0.319 e. The lowest BCUT2D eigenvalue weighted by Gasteiger charge is -2.31. The first kappa shape index (κ1) is 16.0. The molecule has 3 atom stereocenters. The SMILES string of the molecule is CN1CCC(CN(C)C(=O)N(C)C2COCC2C(=O)O)C1. The summed E-state index contributed by atoms with van der Waals surface area (Å²) in [4.78, 5) is 29.1. The lowest BCUT2D eigenvalue weighted by atomic mass is 10.0. The zero-order valence-corrected chi connectivity index (χ0v) is 13.0. The Balaban J connectivity index is 1.90. The Morgan fingerprint density at radius 2 is 2.05 bits per heavy atom. The molecule has 2 fully saturated rings. The number of carboxylic acids is 1. The van der Waals surface area contributed by atoms with Crippen LogP contribution in [-0.2, 0) is 9.53 Å². The van der Waals surface area contributed by atoms with E-state index in [1.165, 1.54) is 4.90 Å². The monoisotopic (exact) mass is 299 g/mol. The fourth-order valence-corrected chi connectivity index (χ4v) is 3.21. The highest BCUT2D eigenvalue weighted by atomic mass is 16.5. The second-order valence-electron chi connectivity index (χ2n) is 6.24. The van der Waals surface area contributed by atoms with E-state index in [0.29, 0.717) is 19.1 Å². The van der Waals surface area contributed by atoms with Gasteiger partial charge in [-0.1, -0.05) is 0 Å². The Morgan fingerprint density at radius 1 is 1.33 bits per heavy atom. The number of ether oxygens (including phenoxy) is 1. The topological polar surface area (TPSA) is 73.3 Å². The highest BCUT2D eigenvalue weighted by Gasteiger charge is 2.39. The van der Waals surface area contributed by atoms with Gasteiger partial charge in [0.15, 0.2) is 0 Å². The van der Waals surface area contributed by atoms with Crippen molar-refractivity contribution in [2.45, 2.75) is 12.5 Å². The molecule has 0 aromatic rings. The molecule has 120 valence electrons. The van der Waals surface area contributed by atoms with Gasteiger partial charge in [0.25, 0.3) is 0 Å². The number of urea groups is 1. The predicted molar refractivity (Wildman–Crippen MR) is 77.1 cm³/mol. The van der Waals surface area contributed by atoms with E-state index in [2.05, 4.69) is 11.9 Å². The highest BCUT2D eigenvalue weighted by molar-refractivity contribution is 5.77. The molecular formula is C14H25N3O4. The molecule has 1 N–H and O–H groups in total. The predicted octanol–water partition coefficient (Wildman–Crippen LogP) is 0.0213. The first-order chi connectivity index (χ1) is 9.90. The van der Waals surface area contributed by atoms with E-state index < -0.39 is 11.9 Å². The summed E-state index contributed by atoms with van der Waals surface area (Å²) in [6.07, 6.45) is 1.10. The number of carboxylic acid groups (broad SMARTS) is 1. The van der Waals surface area contributed by atoms with Crippen LogP contribution in [-0.4, -0.2) is 91.8 Å². The van der Waals surface area contributed by atoms with Crippen molar-refractivity contribution in [3.63, 3.8) is 0 Å². The fraction of sp³-hybridized carbons (Fsp3) is 0.857. The zero-order chi connectivity index (χ0) is 15.6. The Morgan fingerprint density at radius 3 is 2.62 bits per heavy atom. The molecule has 2 aliphatic rings. The number of likely N-dealkylation sites (tertiary alicyclic amines) is 1. The maximum absolute atomic E-state index is 12.5. The third-order valence-corrected chi connectivity index (χ3v) is 4.51. The van der Waals surface area contributed by atoms with Gasteiger partial charge in [-0.25, -0.2) is 4.79 Å². The molecule has 0 aliphatic carbocycles. The summed E-state index contributed by atoms with van der Waals surface area (Å²) in [5.74, 6) is -1.05. The number of carbonyl (C=O) groups is 2. The number of hydrogen-bond donors (Lipinski definition) is 1. The molecule has 0 saturated carbocycles. The van der Waals surface area contributed by atoms with E-state index >= 15 is 0 Å². The van der Waals surface area contributed by atoms with Gasteiger partial charge in [-0.15, -0.1) is 0 Å². The molecule has 2 heterocycles. The number of likely N-dealkylation sites (N-methyl/N-ethyl adjacent to an activating group) is 1. The van der Waals surface area contributed by atoms with Crippen molar-refractivity contribution in [1.29, 1.82) is 0 Å². The third kappa shape index (κ3) is 3.65. The molecule has 2 aliphatic heterocycles. The van der Waals surface area contributed by atoms with E-state index in [1.54, 1.807) is 19.0 Å². The molecule has 2 saturated heterocycles. The van der Waals surface area contributed by atoms with Crippen LogP contribution in [0.2, 0.25) is 0 Å². The molecule has 7 heteroatoms. The van der Waals surface area contributed by atoms with E-state index in [-0.39, 0.29) is 18.7 Å². The van der Waals surface area contributed by atoms with Gasteiger partial charge in [0.05, 0.1) is 19.3 Å². The van der Waals surface area contributed by atoms with Crippen molar-refractivity contribution >= 4 is 12.0 Å². The smallest absolute Gasteiger partial charge is 0.319 e. The van der Waals surface area contributed by atoms with Crippen LogP contribution in [0.4, 0.5) is 4.79 Å². The second kappa shape index (κ2) is 6.62. The van der Waals surface area contributed by atoms with Crippen molar-refractivity contribution in [3.8, 4) is 0 Å². The van der Waals surface area contributed by atoms with Crippen LogP contribution < -0.4 is 0 Å². The standard InChI is InChI=1S/C14H25N3O4/c1-15-5-4-10(6-15)7-16(2)14(20)17(3)12-9-21-8-11(12)13(18)19/h10-12H,4-9H2,1-3H3,(H,18,19). The Labute approximate surface area is 125 Å². The van der Waals surface area contributed by atoms with E-state index in [1.807, 2.05) is 0 Å². The minimum atomic E-state index is -0.905. The summed E-state index contributed by atoms with van der Waals surface area (Å²) >= 11 is 0. The number of rotatable bonds is 4. The third-order valence-electron chi connectivity index (χ3n) is 4.51. The fourth-order valence-electron chi connectivity index (χ4n) is 3.21. The number of amides is 2. The lowest BCUT2D eigenvalue weighted by Crippen LogP contribution is -2.49. The molecule has 2 amide bonds. The van der Waals surface area contributed by atoms with E-state index in [4.69, 9.17) is 4.74 Å². The Hall–Kier alpha value is -1.34. The van der Waals surface area contributed by atoms with Gasteiger partial charge in [0.1, 0.15) is 5.92 Å². The first-order valence-electron chi connectivity index (χ1n) is 7.37. The minimum absolute atomic E-state index is 0.133. The quantitative estimate of drug-likeness (QED) is 0.792. The molecule has 0 aromatic carbocycles. The van der Waals surface area contributed by atoms with Gasteiger partial charge in [-0.3, -0.25) is 4.79 Å². The van der Waals surface area contributed by atoms with Crippen LogP contribution in [0.5, 0.6) is 0 Å². The molecule has 7 nitrogen and oxygen atoms in total. The van der Waals surface area contributed by atoms with E-state index in [0.717, 1.165) is 19.5 Å². The Bertz CT molecular complexity index is 404. The van der Waals surface area contributed by atoms with Gasteiger partial charge >= 0.3 is 12.0 Å². The minimum Gasteiger partial charge on any atom is -0.481 e. The van der Waals surface area contributed by atoms with Crippen LogP contribution in [0.3, 0.4) is 0 Å². The maximum atomic E-state index is 12.5. The van der Waals surface area contributed by atoms with Gasteiger partial charge in [-0.2, -0.15) is 0 Å². The molecule has 21 heavy (non-hydrogen) atoms. The summed E-state index contributed by atoms with van der Waals surface area (Å²) in [6.45, 7) is 3.25.